The zero-order valence-electron chi connectivity index (χ0n) is 15.1. The number of rotatable bonds is 5. The predicted octanol–water partition coefficient (Wildman–Crippen LogP) is 1.78. The zero-order valence-corrected chi connectivity index (χ0v) is 15.9. The first kappa shape index (κ1) is 18.4. The Morgan fingerprint density at radius 1 is 1.26 bits per heavy atom. The lowest BCUT2D eigenvalue weighted by atomic mass is 9.94. The topological polar surface area (TPSA) is 67.2 Å². The lowest BCUT2D eigenvalue weighted by Gasteiger charge is -2.34. The average Bonchev–Trinajstić information content (AvgIpc) is 2.63. The number of nitrogens with zero attached hydrogens (tertiary/aromatic N) is 3. The van der Waals surface area contributed by atoms with Gasteiger partial charge in [0.1, 0.15) is 0 Å². The van der Waals surface area contributed by atoms with E-state index in [1.807, 2.05) is 32.5 Å². The Hall–Kier alpha value is -0.920. The van der Waals surface area contributed by atoms with Gasteiger partial charge in [-0.3, -0.25) is 4.68 Å². The van der Waals surface area contributed by atoms with E-state index >= 15 is 0 Å². The third kappa shape index (κ3) is 4.33. The van der Waals surface area contributed by atoms with E-state index in [0.29, 0.717) is 31.3 Å². The lowest BCUT2D eigenvalue weighted by Crippen LogP contribution is -2.50. The molecule has 1 aliphatic heterocycles. The van der Waals surface area contributed by atoms with Crippen LogP contribution in [0, 0.1) is 25.7 Å². The van der Waals surface area contributed by atoms with E-state index < -0.39 is 10.2 Å². The van der Waals surface area contributed by atoms with E-state index in [2.05, 4.69) is 23.7 Å². The van der Waals surface area contributed by atoms with Crippen molar-refractivity contribution >= 4 is 10.2 Å². The van der Waals surface area contributed by atoms with Crippen molar-refractivity contribution in [1.29, 1.82) is 0 Å². The molecule has 132 valence electrons. The molecular weight excluding hydrogens is 312 g/mol. The lowest BCUT2D eigenvalue weighted by molar-refractivity contribution is 0.220. The van der Waals surface area contributed by atoms with Gasteiger partial charge in [0.15, 0.2) is 0 Å². The summed E-state index contributed by atoms with van der Waals surface area (Å²) < 4.78 is 31.6. The summed E-state index contributed by atoms with van der Waals surface area (Å²) >= 11 is 0. The van der Waals surface area contributed by atoms with Crippen LogP contribution in [-0.2, 0) is 23.7 Å². The van der Waals surface area contributed by atoms with Crippen LogP contribution in [0.2, 0.25) is 0 Å². The SMILES string of the molecule is Cc1nn(C)c(C)c1C[C@@H](C)NS(=O)(=O)N1C[C@H](C)C[C@@H](C)C1. The van der Waals surface area contributed by atoms with Gasteiger partial charge in [0.25, 0.3) is 10.2 Å². The monoisotopic (exact) mass is 342 g/mol. The summed E-state index contributed by atoms with van der Waals surface area (Å²) in [5.74, 6) is 0.821. The van der Waals surface area contributed by atoms with Crippen LogP contribution in [0.15, 0.2) is 0 Å². The van der Waals surface area contributed by atoms with E-state index in [9.17, 15) is 8.42 Å². The molecule has 0 radical (unpaired) electrons. The molecular formula is C16H30N4O2S. The van der Waals surface area contributed by atoms with Crippen molar-refractivity contribution in [2.75, 3.05) is 13.1 Å². The molecule has 0 bridgehead atoms. The van der Waals surface area contributed by atoms with Crippen LogP contribution in [0.25, 0.3) is 0 Å². The van der Waals surface area contributed by atoms with Gasteiger partial charge in [-0.15, -0.1) is 0 Å². The molecule has 1 saturated heterocycles. The molecule has 1 aliphatic rings. The van der Waals surface area contributed by atoms with Crippen LogP contribution in [0.4, 0.5) is 0 Å². The van der Waals surface area contributed by atoms with Gasteiger partial charge in [-0.25, -0.2) is 0 Å². The van der Waals surface area contributed by atoms with E-state index in [1.54, 1.807) is 4.31 Å². The normalized spacial score (nSPS) is 24.8. The predicted molar refractivity (Wildman–Crippen MR) is 92.4 cm³/mol. The first-order valence-electron chi connectivity index (χ1n) is 8.36. The van der Waals surface area contributed by atoms with Crippen LogP contribution in [-0.4, -0.2) is 41.6 Å². The maximum absolute atomic E-state index is 12.6. The minimum absolute atomic E-state index is 0.158. The highest BCUT2D eigenvalue weighted by Gasteiger charge is 2.31. The fourth-order valence-corrected chi connectivity index (χ4v) is 5.23. The number of aromatic nitrogens is 2. The number of nitrogens with one attached hydrogen (secondary N) is 1. The van der Waals surface area contributed by atoms with Crippen molar-refractivity contribution in [2.24, 2.45) is 18.9 Å². The summed E-state index contributed by atoms with van der Waals surface area (Å²) in [6.45, 7) is 11.4. The Kier molecular flexibility index (Phi) is 5.53. The minimum atomic E-state index is -3.43. The van der Waals surface area contributed by atoms with Crippen molar-refractivity contribution in [3.8, 4) is 0 Å². The standard InChI is InChI=1S/C16H30N4O2S/c1-11-7-12(2)10-20(9-11)23(21,22)18-13(3)8-16-14(4)17-19(6)15(16)5/h11-13,18H,7-10H2,1-6H3/t11-,12-,13-/m1/s1. The molecule has 1 aromatic heterocycles. The largest absolute Gasteiger partial charge is 0.279 e. The molecule has 2 heterocycles. The number of aryl methyl sites for hydroxylation is 2. The van der Waals surface area contributed by atoms with Crippen molar-refractivity contribution in [1.82, 2.24) is 18.8 Å². The molecule has 0 amide bonds. The molecule has 0 spiro atoms. The highest BCUT2D eigenvalue weighted by atomic mass is 32.2. The summed E-state index contributed by atoms with van der Waals surface area (Å²) in [5.41, 5.74) is 3.19. The van der Waals surface area contributed by atoms with Crippen LogP contribution in [0.5, 0.6) is 0 Å². The van der Waals surface area contributed by atoms with E-state index in [0.717, 1.165) is 23.4 Å². The molecule has 1 fully saturated rings. The Balaban J connectivity index is 2.05. The molecule has 23 heavy (non-hydrogen) atoms. The van der Waals surface area contributed by atoms with Crippen LogP contribution < -0.4 is 4.72 Å². The summed E-state index contributed by atoms with van der Waals surface area (Å²) in [4.78, 5) is 0. The molecule has 2 rings (SSSR count). The van der Waals surface area contributed by atoms with Gasteiger partial charge >= 0.3 is 0 Å². The number of piperidine rings is 1. The highest BCUT2D eigenvalue weighted by molar-refractivity contribution is 7.87. The zero-order chi connectivity index (χ0) is 17.4. The Morgan fingerprint density at radius 2 is 1.83 bits per heavy atom. The fraction of sp³-hybridized carbons (Fsp3) is 0.812. The summed E-state index contributed by atoms with van der Waals surface area (Å²) in [6, 6.07) is -0.158. The first-order chi connectivity index (χ1) is 10.6. The molecule has 3 atom stereocenters. The minimum Gasteiger partial charge on any atom is -0.272 e. The summed E-state index contributed by atoms with van der Waals surface area (Å²) in [5, 5.41) is 4.40. The van der Waals surface area contributed by atoms with Gasteiger partial charge in [0, 0.05) is 31.9 Å². The molecule has 0 unspecified atom stereocenters. The van der Waals surface area contributed by atoms with Gasteiger partial charge < -0.3 is 0 Å². The summed E-state index contributed by atoms with van der Waals surface area (Å²) in [6.07, 6.45) is 1.75. The first-order valence-corrected chi connectivity index (χ1v) is 9.80. The van der Waals surface area contributed by atoms with Gasteiger partial charge in [0.05, 0.1) is 5.69 Å². The Morgan fingerprint density at radius 3 is 2.30 bits per heavy atom. The van der Waals surface area contributed by atoms with Crippen molar-refractivity contribution in [2.45, 2.75) is 53.5 Å². The summed E-state index contributed by atoms with van der Waals surface area (Å²) in [7, 11) is -1.52. The number of hydrogen-bond donors (Lipinski definition) is 1. The Labute approximate surface area is 140 Å². The van der Waals surface area contributed by atoms with Gasteiger partial charge in [-0.05, 0) is 51.0 Å². The number of hydrogen-bond acceptors (Lipinski definition) is 3. The van der Waals surface area contributed by atoms with Gasteiger partial charge in [-0.2, -0.15) is 22.5 Å². The molecule has 1 aromatic rings. The third-order valence-electron chi connectivity index (χ3n) is 4.69. The van der Waals surface area contributed by atoms with Gasteiger partial charge in [-0.1, -0.05) is 13.8 Å². The van der Waals surface area contributed by atoms with Crippen molar-refractivity contribution < 1.29 is 8.42 Å². The van der Waals surface area contributed by atoms with E-state index in [4.69, 9.17) is 0 Å². The second-order valence-electron chi connectivity index (χ2n) is 7.26. The second kappa shape index (κ2) is 6.91. The average molecular weight is 343 g/mol. The van der Waals surface area contributed by atoms with Crippen LogP contribution >= 0.6 is 0 Å². The molecule has 6 nitrogen and oxygen atoms in total. The maximum Gasteiger partial charge on any atom is 0.279 e. The van der Waals surface area contributed by atoms with Crippen LogP contribution in [0.1, 0.15) is 44.1 Å². The van der Waals surface area contributed by atoms with Crippen molar-refractivity contribution in [3.05, 3.63) is 17.0 Å². The fourth-order valence-electron chi connectivity index (χ4n) is 3.59. The molecule has 0 aliphatic carbocycles. The van der Waals surface area contributed by atoms with Crippen LogP contribution in [0.3, 0.4) is 0 Å². The van der Waals surface area contributed by atoms with E-state index in [-0.39, 0.29) is 6.04 Å². The second-order valence-corrected chi connectivity index (χ2v) is 8.97. The highest BCUT2D eigenvalue weighted by Crippen LogP contribution is 2.23. The third-order valence-corrected chi connectivity index (χ3v) is 6.37. The Bertz CT molecular complexity index is 643. The maximum atomic E-state index is 12.6. The molecule has 1 N–H and O–H groups in total. The van der Waals surface area contributed by atoms with Gasteiger partial charge in [0.2, 0.25) is 0 Å². The smallest absolute Gasteiger partial charge is 0.272 e. The molecule has 0 aromatic carbocycles. The van der Waals surface area contributed by atoms with Crippen molar-refractivity contribution in [3.63, 3.8) is 0 Å². The van der Waals surface area contributed by atoms with E-state index in [1.165, 1.54) is 0 Å². The molecule has 7 heteroatoms. The quantitative estimate of drug-likeness (QED) is 0.887. The molecule has 0 saturated carbocycles.